The Morgan fingerprint density at radius 1 is 1.29 bits per heavy atom. The average molecular weight is 227 g/mol. The lowest BCUT2D eigenvalue weighted by molar-refractivity contribution is 0.741. The first-order chi connectivity index (χ1) is 8.15. The van der Waals surface area contributed by atoms with Crippen molar-refractivity contribution in [1.82, 2.24) is 24.7 Å². The van der Waals surface area contributed by atoms with E-state index in [9.17, 15) is 0 Å². The lowest BCUT2D eigenvalue weighted by atomic mass is 10.3. The van der Waals surface area contributed by atoms with E-state index in [2.05, 4.69) is 20.1 Å². The second-order valence-corrected chi connectivity index (χ2v) is 4.21. The van der Waals surface area contributed by atoms with Gasteiger partial charge in [0.1, 0.15) is 5.69 Å². The highest BCUT2D eigenvalue weighted by molar-refractivity contribution is 5.77. The van der Waals surface area contributed by atoms with Gasteiger partial charge in [0, 0.05) is 18.9 Å². The van der Waals surface area contributed by atoms with Gasteiger partial charge in [-0.25, -0.2) is 9.97 Å². The van der Waals surface area contributed by atoms with E-state index in [-0.39, 0.29) is 0 Å². The Balaban J connectivity index is 2.21. The van der Waals surface area contributed by atoms with Crippen molar-refractivity contribution in [3.05, 3.63) is 29.6 Å². The predicted molar refractivity (Wildman–Crippen MR) is 65.6 cm³/mol. The number of nitrogens with one attached hydrogen (secondary N) is 1. The lowest BCUT2D eigenvalue weighted by Crippen LogP contribution is -1.92. The van der Waals surface area contributed by atoms with Crippen LogP contribution in [-0.2, 0) is 7.05 Å². The summed E-state index contributed by atoms with van der Waals surface area (Å²) in [6.45, 7) is 4.05. The standard InChI is InChI=1S/C12H13N5/c1-7-4-5-13-12-10(7)14-11(15-12)9-6-8(2)17(3)16-9/h4-6H,1-3H3,(H,13,14,15). The van der Waals surface area contributed by atoms with E-state index < -0.39 is 0 Å². The summed E-state index contributed by atoms with van der Waals surface area (Å²) in [4.78, 5) is 12.0. The first-order valence-electron chi connectivity index (χ1n) is 5.47. The van der Waals surface area contributed by atoms with E-state index >= 15 is 0 Å². The van der Waals surface area contributed by atoms with Crippen molar-refractivity contribution < 1.29 is 0 Å². The topological polar surface area (TPSA) is 59.4 Å². The van der Waals surface area contributed by atoms with Gasteiger partial charge in [-0.05, 0) is 31.5 Å². The van der Waals surface area contributed by atoms with E-state index in [4.69, 9.17) is 0 Å². The van der Waals surface area contributed by atoms with E-state index in [0.29, 0.717) is 0 Å². The average Bonchev–Trinajstić information content (AvgIpc) is 2.85. The molecular formula is C12H13N5. The molecule has 0 amide bonds. The fourth-order valence-electron chi connectivity index (χ4n) is 1.83. The van der Waals surface area contributed by atoms with Crippen molar-refractivity contribution >= 4 is 11.2 Å². The molecule has 5 nitrogen and oxygen atoms in total. The van der Waals surface area contributed by atoms with Gasteiger partial charge in [-0.2, -0.15) is 5.10 Å². The molecule has 0 unspecified atom stereocenters. The van der Waals surface area contributed by atoms with Crippen LogP contribution in [0, 0.1) is 13.8 Å². The van der Waals surface area contributed by atoms with Crippen LogP contribution in [0.4, 0.5) is 0 Å². The van der Waals surface area contributed by atoms with Crippen LogP contribution in [0.3, 0.4) is 0 Å². The zero-order valence-corrected chi connectivity index (χ0v) is 10.0. The van der Waals surface area contributed by atoms with Crippen molar-refractivity contribution in [3.63, 3.8) is 0 Å². The highest BCUT2D eigenvalue weighted by Crippen LogP contribution is 2.20. The summed E-state index contributed by atoms with van der Waals surface area (Å²) in [6, 6.07) is 3.97. The predicted octanol–water partition coefficient (Wildman–Crippen LogP) is 1.98. The van der Waals surface area contributed by atoms with Crippen LogP contribution in [0.15, 0.2) is 18.3 Å². The number of hydrogen-bond acceptors (Lipinski definition) is 3. The number of imidazole rings is 1. The first kappa shape index (κ1) is 10.0. The van der Waals surface area contributed by atoms with Crippen molar-refractivity contribution in [2.75, 3.05) is 0 Å². The highest BCUT2D eigenvalue weighted by atomic mass is 15.3. The molecule has 3 heterocycles. The summed E-state index contributed by atoms with van der Waals surface area (Å²) in [5, 5.41) is 4.40. The molecule has 0 bridgehead atoms. The van der Waals surface area contributed by atoms with Gasteiger partial charge >= 0.3 is 0 Å². The smallest absolute Gasteiger partial charge is 0.178 e. The molecule has 0 aliphatic heterocycles. The number of rotatable bonds is 1. The van der Waals surface area contributed by atoms with Crippen LogP contribution in [0.2, 0.25) is 0 Å². The zero-order chi connectivity index (χ0) is 12.0. The van der Waals surface area contributed by atoms with Gasteiger partial charge in [-0.15, -0.1) is 0 Å². The van der Waals surface area contributed by atoms with Crippen LogP contribution < -0.4 is 0 Å². The Hall–Kier alpha value is -2.17. The van der Waals surface area contributed by atoms with Crippen LogP contribution in [-0.4, -0.2) is 24.7 Å². The maximum absolute atomic E-state index is 4.46. The fraction of sp³-hybridized carbons (Fsp3) is 0.250. The fourth-order valence-corrected chi connectivity index (χ4v) is 1.83. The molecule has 3 aromatic heterocycles. The molecule has 0 saturated heterocycles. The second kappa shape index (κ2) is 3.41. The van der Waals surface area contributed by atoms with Crippen LogP contribution in [0.1, 0.15) is 11.3 Å². The summed E-state index contributed by atoms with van der Waals surface area (Å²) in [5.41, 5.74) is 4.81. The van der Waals surface area contributed by atoms with Crippen molar-refractivity contribution in [3.8, 4) is 11.5 Å². The van der Waals surface area contributed by atoms with E-state index in [1.807, 2.05) is 37.7 Å². The van der Waals surface area contributed by atoms with Gasteiger partial charge in [0.05, 0.1) is 5.52 Å². The maximum atomic E-state index is 4.46. The van der Waals surface area contributed by atoms with Crippen molar-refractivity contribution in [2.24, 2.45) is 7.05 Å². The summed E-state index contributed by atoms with van der Waals surface area (Å²) in [6.07, 6.45) is 1.77. The van der Waals surface area contributed by atoms with Gasteiger partial charge in [-0.3, -0.25) is 4.68 Å². The van der Waals surface area contributed by atoms with Gasteiger partial charge in [0.2, 0.25) is 0 Å². The van der Waals surface area contributed by atoms with Gasteiger partial charge in [-0.1, -0.05) is 0 Å². The molecule has 5 heteroatoms. The molecule has 0 radical (unpaired) electrons. The molecule has 17 heavy (non-hydrogen) atoms. The summed E-state index contributed by atoms with van der Waals surface area (Å²) < 4.78 is 1.84. The number of hydrogen-bond donors (Lipinski definition) is 1. The third-order valence-electron chi connectivity index (χ3n) is 2.96. The molecule has 0 aliphatic carbocycles. The Morgan fingerprint density at radius 3 is 2.76 bits per heavy atom. The maximum Gasteiger partial charge on any atom is 0.178 e. The number of H-pyrrole nitrogens is 1. The Morgan fingerprint density at radius 2 is 2.12 bits per heavy atom. The molecule has 1 N–H and O–H groups in total. The number of pyridine rings is 1. The highest BCUT2D eigenvalue weighted by Gasteiger charge is 2.11. The van der Waals surface area contributed by atoms with Crippen molar-refractivity contribution in [2.45, 2.75) is 13.8 Å². The number of aromatic amines is 1. The Labute approximate surface area is 98.5 Å². The zero-order valence-electron chi connectivity index (χ0n) is 10.0. The van der Waals surface area contributed by atoms with Crippen LogP contribution in [0.5, 0.6) is 0 Å². The summed E-state index contributed by atoms with van der Waals surface area (Å²) in [5.74, 6) is 0.769. The first-order valence-corrected chi connectivity index (χ1v) is 5.47. The number of fused-ring (bicyclic) bond motifs is 1. The van der Waals surface area contributed by atoms with Crippen LogP contribution in [0.25, 0.3) is 22.7 Å². The Bertz CT molecular complexity index is 673. The monoisotopic (exact) mass is 227 g/mol. The SMILES string of the molecule is Cc1ccnc2nc(-c3cc(C)n(C)n3)[nH]c12. The summed E-state index contributed by atoms with van der Waals surface area (Å²) >= 11 is 0. The molecule has 3 aromatic rings. The molecule has 0 atom stereocenters. The summed E-state index contributed by atoms with van der Waals surface area (Å²) in [7, 11) is 1.92. The molecular weight excluding hydrogens is 214 g/mol. The largest absolute Gasteiger partial charge is 0.335 e. The van der Waals surface area contributed by atoms with E-state index in [0.717, 1.165) is 33.9 Å². The molecule has 0 aromatic carbocycles. The van der Waals surface area contributed by atoms with Crippen molar-refractivity contribution in [1.29, 1.82) is 0 Å². The quantitative estimate of drug-likeness (QED) is 0.691. The van der Waals surface area contributed by atoms with Gasteiger partial charge < -0.3 is 4.98 Å². The third kappa shape index (κ3) is 1.51. The van der Waals surface area contributed by atoms with Crippen LogP contribution >= 0.6 is 0 Å². The van der Waals surface area contributed by atoms with E-state index in [1.54, 1.807) is 6.20 Å². The molecule has 0 spiro atoms. The minimum absolute atomic E-state index is 0.739. The molecule has 86 valence electrons. The number of aromatic nitrogens is 5. The molecule has 0 aliphatic rings. The van der Waals surface area contributed by atoms with Gasteiger partial charge in [0.15, 0.2) is 11.5 Å². The van der Waals surface area contributed by atoms with E-state index in [1.165, 1.54) is 0 Å². The minimum Gasteiger partial charge on any atom is -0.335 e. The minimum atomic E-state index is 0.739. The lowest BCUT2D eigenvalue weighted by Gasteiger charge is -1.91. The van der Waals surface area contributed by atoms with Gasteiger partial charge in [0.25, 0.3) is 0 Å². The third-order valence-corrected chi connectivity index (χ3v) is 2.96. The molecule has 3 rings (SSSR count). The second-order valence-electron chi connectivity index (χ2n) is 4.21. The normalized spacial score (nSPS) is 11.2. The Kier molecular flexibility index (Phi) is 2.01. The number of nitrogens with zero attached hydrogens (tertiary/aromatic N) is 4. The molecule has 0 saturated carbocycles. The number of aryl methyl sites for hydroxylation is 3. The molecule has 0 fully saturated rings.